The van der Waals surface area contributed by atoms with Crippen molar-refractivity contribution in [3.05, 3.63) is 66.1 Å². The number of ether oxygens (including phenoxy) is 1. The minimum atomic E-state index is -4.09. The summed E-state index contributed by atoms with van der Waals surface area (Å²) in [7, 11) is -2.63. The third kappa shape index (κ3) is 4.64. The van der Waals surface area contributed by atoms with Gasteiger partial charge in [-0.25, -0.2) is 22.5 Å². The van der Waals surface area contributed by atoms with Gasteiger partial charge in [0.05, 0.1) is 7.11 Å². The number of sulfonamides is 1. The molecule has 0 fully saturated rings. The highest BCUT2D eigenvalue weighted by Crippen LogP contribution is 2.17. The van der Waals surface area contributed by atoms with Gasteiger partial charge in [-0.1, -0.05) is 12.1 Å². The Morgan fingerprint density at radius 1 is 1.38 bits per heavy atom. The third-order valence-electron chi connectivity index (χ3n) is 3.38. The molecule has 0 bridgehead atoms. The van der Waals surface area contributed by atoms with Crippen LogP contribution in [0.5, 0.6) is 5.88 Å². The van der Waals surface area contributed by atoms with Gasteiger partial charge in [-0.05, 0) is 24.3 Å². The van der Waals surface area contributed by atoms with E-state index in [9.17, 15) is 17.6 Å². The molecule has 1 amide bonds. The Hall–Kier alpha value is -2.78. The normalized spacial score (nSPS) is 11.0. The van der Waals surface area contributed by atoms with Crippen molar-refractivity contribution >= 4 is 15.9 Å². The number of hydrogen-bond donors (Lipinski definition) is 2. The van der Waals surface area contributed by atoms with Crippen LogP contribution in [0.15, 0.2) is 54.1 Å². The zero-order chi connectivity index (χ0) is 19.2. The fraction of sp³-hybridized carbons (Fsp3) is 0.176. The van der Waals surface area contributed by atoms with E-state index in [2.05, 4.69) is 21.6 Å². The monoisotopic (exact) mass is 379 g/mol. The molecule has 0 saturated carbocycles. The first-order valence-corrected chi connectivity index (χ1v) is 9.03. The molecule has 2 N–H and O–H groups in total. The van der Waals surface area contributed by atoms with Crippen molar-refractivity contribution < 1.29 is 22.3 Å². The molecular formula is C17H18FN3O4S. The molecule has 26 heavy (non-hydrogen) atoms. The first kappa shape index (κ1) is 19.5. The van der Waals surface area contributed by atoms with Gasteiger partial charge in [0.2, 0.25) is 15.9 Å². The fourth-order valence-corrected chi connectivity index (χ4v) is 3.22. The van der Waals surface area contributed by atoms with E-state index in [1.165, 1.54) is 19.3 Å². The summed E-state index contributed by atoms with van der Waals surface area (Å²) < 4.78 is 45.3. The van der Waals surface area contributed by atoms with Crippen LogP contribution in [0.3, 0.4) is 0 Å². The van der Waals surface area contributed by atoms with Crippen LogP contribution in [0, 0.1) is 5.82 Å². The lowest BCUT2D eigenvalue weighted by molar-refractivity contribution is 0.0950. The van der Waals surface area contributed by atoms with Crippen LogP contribution in [0.4, 0.5) is 4.39 Å². The molecule has 1 aromatic carbocycles. The number of aromatic nitrogens is 1. The second-order valence-electron chi connectivity index (χ2n) is 5.14. The quantitative estimate of drug-likeness (QED) is 0.680. The summed E-state index contributed by atoms with van der Waals surface area (Å²) in [6.07, 6.45) is 2.88. The van der Waals surface area contributed by atoms with E-state index in [4.69, 9.17) is 4.74 Å². The van der Waals surface area contributed by atoms with E-state index >= 15 is 0 Å². The van der Waals surface area contributed by atoms with Gasteiger partial charge in [-0.2, -0.15) is 0 Å². The van der Waals surface area contributed by atoms with Crippen LogP contribution in [0.25, 0.3) is 0 Å². The molecule has 1 aromatic heterocycles. The van der Waals surface area contributed by atoms with Gasteiger partial charge in [0, 0.05) is 30.4 Å². The predicted octanol–water partition coefficient (Wildman–Crippen LogP) is 1.62. The van der Waals surface area contributed by atoms with Gasteiger partial charge in [-0.15, -0.1) is 6.58 Å². The van der Waals surface area contributed by atoms with Crippen molar-refractivity contribution in [2.24, 2.45) is 0 Å². The molecule has 0 spiro atoms. The number of benzene rings is 1. The summed E-state index contributed by atoms with van der Waals surface area (Å²) in [5.74, 6) is -1.15. The molecule has 0 aliphatic rings. The van der Waals surface area contributed by atoms with Crippen molar-refractivity contribution in [1.82, 2.24) is 15.0 Å². The highest BCUT2D eigenvalue weighted by molar-refractivity contribution is 7.89. The zero-order valence-electron chi connectivity index (χ0n) is 14.0. The average Bonchev–Trinajstić information content (AvgIpc) is 2.64. The Kier molecular flexibility index (Phi) is 6.42. The number of halogens is 1. The number of carbonyl (C=O) groups is 1. The highest BCUT2D eigenvalue weighted by Gasteiger charge is 2.20. The van der Waals surface area contributed by atoms with E-state index < -0.39 is 26.6 Å². The van der Waals surface area contributed by atoms with E-state index in [-0.39, 0.29) is 18.7 Å². The molecule has 0 aliphatic carbocycles. The summed E-state index contributed by atoms with van der Waals surface area (Å²) in [6.45, 7) is 3.45. The summed E-state index contributed by atoms with van der Waals surface area (Å²) in [5, 5.41) is 2.62. The minimum Gasteiger partial charge on any atom is -0.481 e. The number of pyridine rings is 1. The van der Waals surface area contributed by atoms with E-state index in [1.54, 1.807) is 18.3 Å². The Morgan fingerprint density at radius 3 is 2.85 bits per heavy atom. The molecule has 0 saturated heterocycles. The largest absolute Gasteiger partial charge is 0.481 e. The lowest BCUT2D eigenvalue weighted by Crippen LogP contribution is -2.26. The first-order valence-electron chi connectivity index (χ1n) is 7.55. The molecule has 1 heterocycles. The molecule has 7 nitrogen and oxygen atoms in total. The van der Waals surface area contributed by atoms with Crippen LogP contribution >= 0.6 is 0 Å². The zero-order valence-corrected chi connectivity index (χ0v) is 14.8. The smallest absolute Gasteiger partial charge is 0.251 e. The highest BCUT2D eigenvalue weighted by atomic mass is 32.2. The second-order valence-corrected chi connectivity index (χ2v) is 6.88. The maximum absolute atomic E-state index is 13.9. The third-order valence-corrected chi connectivity index (χ3v) is 4.82. The topological polar surface area (TPSA) is 97.4 Å². The van der Waals surface area contributed by atoms with Gasteiger partial charge < -0.3 is 10.1 Å². The number of amides is 1. The summed E-state index contributed by atoms with van der Waals surface area (Å²) in [5.41, 5.74) is 0.652. The second kappa shape index (κ2) is 8.54. The number of methoxy groups -OCH3 is 1. The first-order chi connectivity index (χ1) is 12.4. The molecule has 0 atom stereocenters. The summed E-state index contributed by atoms with van der Waals surface area (Å²) in [6, 6.07) is 6.54. The van der Waals surface area contributed by atoms with Crippen molar-refractivity contribution in [3.63, 3.8) is 0 Å². The number of carbonyl (C=O) groups excluding carboxylic acids is 1. The molecule has 2 rings (SSSR count). The van der Waals surface area contributed by atoms with E-state index in [0.717, 1.165) is 12.1 Å². The van der Waals surface area contributed by atoms with Gasteiger partial charge in [0.1, 0.15) is 10.7 Å². The minimum absolute atomic E-state index is 0.00763. The lowest BCUT2D eigenvalue weighted by atomic mass is 10.2. The Labute approximate surface area is 151 Å². The summed E-state index contributed by atoms with van der Waals surface area (Å²) >= 11 is 0. The van der Waals surface area contributed by atoms with Gasteiger partial charge in [0.25, 0.3) is 5.91 Å². The number of nitrogens with one attached hydrogen (secondary N) is 2. The Bertz CT molecular complexity index is 916. The lowest BCUT2D eigenvalue weighted by Gasteiger charge is -2.10. The molecule has 0 radical (unpaired) electrons. The maximum atomic E-state index is 13.9. The Balaban J connectivity index is 2.19. The maximum Gasteiger partial charge on any atom is 0.251 e. The van der Waals surface area contributed by atoms with E-state index in [0.29, 0.717) is 11.4 Å². The number of hydrogen-bond acceptors (Lipinski definition) is 5. The molecule has 9 heteroatoms. The van der Waals surface area contributed by atoms with Crippen LogP contribution in [0.1, 0.15) is 15.9 Å². The average molecular weight is 379 g/mol. The van der Waals surface area contributed by atoms with Crippen LogP contribution in [-0.4, -0.2) is 33.0 Å². The molecule has 0 unspecified atom stereocenters. The number of nitrogens with zero attached hydrogens (tertiary/aromatic N) is 1. The predicted molar refractivity (Wildman–Crippen MR) is 93.7 cm³/mol. The molecule has 138 valence electrons. The van der Waals surface area contributed by atoms with Crippen molar-refractivity contribution in [3.8, 4) is 5.88 Å². The fourth-order valence-electron chi connectivity index (χ4n) is 2.12. The number of rotatable bonds is 8. The summed E-state index contributed by atoms with van der Waals surface area (Å²) in [4.78, 5) is 15.7. The van der Waals surface area contributed by atoms with Crippen molar-refractivity contribution in [1.29, 1.82) is 0 Å². The molecule has 0 aliphatic heterocycles. The standard InChI is InChI=1S/C17H18FN3O4S/c1-3-8-21-26(23,24)15-10-12(6-7-14(15)18)16(22)20-11-13-5-4-9-19-17(13)25-2/h3-7,9-10,21H,1,8,11H2,2H3,(H,20,22). The van der Waals surface area contributed by atoms with Gasteiger partial charge in [0.15, 0.2) is 0 Å². The molecule has 2 aromatic rings. The molecular weight excluding hydrogens is 361 g/mol. The SMILES string of the molecule is C=CCNS(=O)(=O)c1cc(C(=O)NCc2cccnc2OC)ccc1F. The van der Waals surface area contributed by atoms with Gasteiger partial charge >= 0.3 is 0 Å². The van der Waals surface area contributed by atoms with Crippen molar-refractivity contribution in [2.75, 3.05) is 13.7 Å². The van der Waals surface area contributed by atoms with Crippen LogP contribution in [-0.2, 0) is 16.6 Å². The van der Waals surface area contributed by atoms with E-state index in [1.807, 2.05) is 0 Å². The van der Waals surface area contributed by atoms with Crippen LogP contribution in [0.2, 0.25) is 0 Å². The van der Waals surface area contributed by atoms with Crippen molar-refractivity contribution in [2.45, 2.75) is 11.4 Å². The van der Waals surface area contributed by atoms with Crippen LogP contribution < -0.4 is 14.8 Å². The Morgan fingerprint density at radius 2 is 2.15 bits per heavy atom. The van der Waals surface area contributed by atoms with Gasteiger partial charge in [-0.3, -0.25) is 4.79 Å².